The van der Waals surface area contributed by atoms with E-state index in [1.54, 1.807) is 31.4 Å². The van der Waals surface area contributed by atoms with E-state index in [-0.39, 0.29) is 18.0 Å². The van der Waals surface area contributed by atoms with E-state index in [9.17, 15) is 9.18 Å². The number of rotatable bonds is 4. The number of carbonyl (C=O) groups is 1. The third-order valence-electron chi connectivity index (χ3n) is 2.70. The number of carbonyl (C=O) groups excluding carboxylic acids is 1. The van der Waals surface area contributed by atoms with Crippen LogP contribution in [0.15, 0.2) is 42.5 Å². The Morgan fingerprint density at radius 2 is 2.10 bits per heavy atom. The molecule has 0 spiro atoms. The average molecular weight is 294 g/mol. The molecule has 0 unspecified atom stereocenters. The zero-order valence-electron chi connectivity index (χ0n) is 10.8. The van der Waals surface area contributed by atoms with Gasteiger partial charge in [-0.1, -0.05) is 23.7 Å². The topological polar surface area (TPSA) is 38.3 Å². The van der Waals surface area contributed by atoms with Gasteiger partial charge in [0.15, 0.2) is 0 Å². The molecule has 0 radical (unpaired) electrons. The number of halogens is 2. The van der Waals surface area contributed by atoms with E-state index in [2.05, 4.69) is 5.32 Å². The van der Waals surface area contributed by atoms with Gasteiger partial charge in [-0.15, -0.1) is 0 Å². The second-order valence-corrected chi connectivity index (χ2v) is 4.64. The number of anilines is 1. The van der Waals surface area contributed by atoms with Crippen LogP contribution >= 0.6 is 11.6 Å². The summed E-state index contributed by atoms with van der Waals surface area (Å²) in [5.74, 6) is -0.169. The summed E-state index contributed by atoms with van der Waals surface area (Å²) in [5.41, 5.74) is 0.856. The highest BCUT2D eigenvalue weighted by atomic mass is 35.5. The number of amides is 1. The van der Waals surface area contributed by atoms with Crippen LogP contribution in [0.3, 0.4) is 0 Å². The summed E-state index contributed by atoms with van der Waals surface area (Å²) in [5, 5.41) is 2.86. The molecule has 2 aromatic carbocycles. The van der Waals surface area contributed by atoms with Crippen LogP contribution in [0.5, 0.6) is 5.75 Å². The van der Waals surface area contributed by atoms with Crippen LogP contribution in [0, 0.1) is 5.82 Å². The standard InChI is InChI=1S/C15H13ClFNO2/c1-20-12-4-2-3-10(7-12)8-15(19)18-14-9-11(16)5-6-13(14)17/h2-7,9H,8H2,1H3,(H,18,19). The molecule has 0 fully saturated rings. The van der Waals surface area contributed by atoms with Gasteiger partial charge in [-0.05, 0) is 35.9 Å². The fourth-order valence-electron chi connectivity index (χ4n) is 1.76. The Balaban J connectivity index is 2.07. The SMILES string of the molecule is COc1cccc(CC(=O)Nc2cc(Cl)ccc2F)c1. The molecule has 0 bridgehead atoms. The summed E-state index contributed by atoms with van der Waals surface area (Å²) >= 11 is 5.77. The molecule has 2 aromatic rings. The number of methoxy groups -OCH3 is 1. The zero-order chi connectivity index (χ0) is 14.5. The van der Waals surface area contributed by atoms with Crippen molar-refractivity contribution in [3.63, 3.8) is 0 Å². The lowest BCUT2D eigenvalue weighted by atomic mass is 10.1. The molecule has 2 rings (SSSR count). The lowest BCUT2D eigenvalue weighted by Crippen LogP contribution is -2.15. The molecule has 0 saturated carbocycles. The Kier molecular flexibility index (Phi) is 4.58. The van der Waals surface area contributed by atoms with Crippen LogP contribution in [-0.2, 0) is 11.2 Å². The van der Waals surface area contributed by atoms with E-state index in [4.69, 9.17) is 16.3 Å². The fourth-order valence-corrected chi connectivity index (χ4v) is 1.93. The Hall–Kier alpha value is -2.07. The van der Waals surface area contributed by atoms with E-state index in [1.165, 1.54) is 18.2 Å². The first-order valence-electron chi connectivity index (χ1n) is 5.96. The molecule has 20 heavy (non-hydrogen) atoms. The van der Waals surface area contributed by atoms with Gasteiger partial charge < -0.3 is 10.1 Å². The number of ether oxygens (including phenoxy) is 1. The first-order chi connectivity index (χ1) is 9.58. The van der Waals surface area contributed by atoms with Crippen molar-refractivity contribution in [3.8, 4) is 5.75 Å². The van der Waals surface area contributed by atoms with Gasteiger partial charge in [-0.2, -0.15) is 0 Å². The lowest BCUT2D eigenvalue weighted by Gasteiger charge is -2.08. The molecule has 1 N–H and O–H groups in total. The Morgan fingerprint density at radius 1 is 1.30 bits per heavy atom. The molecule has 104 valence electrons. The predicted molar refractivity (Wildman–Crippen MR) is 76.7 cm³/mol. The third-order valence-corrected chi connectivity index (χ3v) is 2.94. The van der Waals surface area contributed by atoms with Crippen molar-refractivity contribution in [2.45, 2.75) is 6.42 Å². The van der Waals surface area contributed by atoms with Gasteiger partial charge in [0.25, 0.3) is 0 Å². The van der Waals surface area contributed by atoms with Crippen molar-refractivity contribution in [1.29, 1.82) is 0 Å². The number of nitrogens with one attached hydrogen (secondary N) is 1. The van der Waals surface area contributed by atoms with Gasteiger partial charge in [0.05, 0.1) is 19.2 Å². The van der Waals surface area contributed by atoms with Gasteiger partial charge in [0.1, 0.15) is 11.6 Å². The summed E-state index contributed by atoms with van der Waals surface area (Å²) in [4.78, 5) is 11.9. The van der Waals surface area contributed by atoms with Crippen molar-refractivity contribution < 1.29 is 13.9 Å². The van der Waals surface area contributed by atoms with E-state index < -0.39 is 5.82 Å². The summed E-state index contributed by atoms with van der Waals surface area (Å²) in [6.45, 7) is 0. The van der Waals surface area contributed by atoms with E-state index in [0.29, 0.717) is 10.8 Å². The average Bonchev–Trinajstić information content (AvgIpc) is 2.43. The van der Waals surface area contributed by atoms with Gasteiger partial charge in [-0.25, -0.2) is 4.39 Å². The smallest absolute Gasteiger partial charge is 0.228 e. The molecule has 0 aliphatic rings. The highest BCUT2D eigenvalue weighted by Gasteiger charge is 2.09. The molecule has 0 saturated heterocycles. The first-order valence-corrected chi connectivity index (χ1v) is 6.34. The van der Waals surface area contributed by atoms with Gasteiger partial charge >= 0.3 is 0 Å². The molecule has 0 aliphatic carbocycles. The van der Waals surface area contributed by atoms with E-state index >= 15 is 0 Å². The highest BCUT2D eigenvalue weighted by Crippen LogP contribution is 2.20. The van der Waals surface area contributed by atoms with Gasteiger partial charge in [0.2, 0.25) is 5.91 Å². The number of hydrogen-bond donors (Lipinski definition) is 1. The molecule has 1 amide bonds. The highest BCUT2D eigenvalue weighted by molar-refractivity contribution is 6.30. The van der Waals surface area contributed by atoms with Crippen LogP contribution in [0.1, 0.15) is 5.56 Å². The summed E-state index contributed by atoms with van der Waals surface area (Å²) in [6, 6.07) is 11.2. The molecule has 3 nitrogen and oxygen atoms in total. The molecule has 0 aromatic heterocycles. The van der Waals surface area contributed by atoms with Crippen LogP contribution in [-0.4, -0.2) is 13.0 Å². The molecular weight excluding hydrogens is 281 g/mol. The van der Waals surface area contributed by atoms with Gasteiger partial charge in [0, 0.05) is 5.02 Å². The monoisotopic (exact) mass is 293 g/mol. The van der Waals surface area contributed by atoms with Crippen LogP contribution in [0.25, 0.3) is 0 Å². The second-order valence-electron chi connectivity index (χ2n) is 4.20. The molecule has 5 heteroatoms. The minimum absolute atomic E-state index is 0.0744. The minimum atomic E-state index is -0.520. The Morgan fingerprint density at radius 3 is 2.85 bits per heavy atom. The maximum absolute atomic E-state index is 13.5. The van der Waals surface area contributed by atoms with Crippen molar-refractivity contribution in [2.75, 3.05) is 12.4 Å². The van der Waals surface area contributed by atoms with E-state index in [1.807, 2.05) is 0 Å². The molecule has 0 heterocycles. The minimum Gasteiger partial charge on any atom is -0.497 e. The van der Waals surface area contributed by atoms with Crippen LogP contribution in [0.2, 0.25) is 5.02 Å². The van der Waals surface area contributed by atoms with Crippen molar-refractivity contribution in [1.82, 2.24) is 0 Å². The Labute approximate surface area is 121 Å². The number of hydrogen-bond acceptors (Lipinski definition) is 2. The van der Waals surface area contributed by atoms with Crippen LogP contribution < -0.4 is 10.1 Å². The molecular formula is C15H13ClFNO2. The van der Waals surface area contributed by atoms with Crippen LogP contribution in [0.4, 0.5) is 10.1 Å². The molecule has 0 aliphatic heterocycles. The fraction of sp³-hybridized carbons (Fsp3) is 0.133. The largest absolute Gasteiger partial charge is 0.497 e. The Bertz CT molecular complexity index is 631. The first kappa shape index (κ1) is 14.3. The van der Waals surface area contributed by atoms with Crippen molar-refractivity contribution >= 4 is 23.2 Å². The second kappa shape index (κ2) is 6.39. The van der Waals surface area contributed by atoms with Gasteiger partial charge in [-0.3, -0.25) is 4.79 Å². The maximum Gasteiger partial charge on any atom is 0.228 e. The zero-order valence-corrected chi connectivity index (χ0v) is 11.6. The third kappa shape index (κ3) is 3.71. The van der Waals surface area contributed by atoms with Crippen molar-refractivity contribution in [3.05, 3.63) is 58.9 Å². The van der Waals surface area contributed by atoms with E-state index in [0.717, 1.165) is 5.56 Å². The van der Waals surface area contributed by atoms with Crippen molar-refractivity contribution in [2.24, 2.45) is 0 Å². The number of benzene rings is 2. The maximum atomic E-state index is 13.5. The quantitative estimate of drug-likeness (QED) is 0.934. The predicted octanol–water partition coefficient (Wildman–Crippen LogP) is 3.67. The summed E-state index contributed by atoms with van der Waals surface area (Å²) in [6.07, 6.45) is 0.128. The summed E-state index contributed by atoms with van der Waals surface area (Å²) in [7, 11) is 1.56. The molecule has 0 atom stereocenters. The summed E-state index contributed by atoms with van der Waals surface area (Å²) < 4.78 is 18.6. The lowest BCUT2D eigenvalue weighted by molar-refractivity contribution is -0.115. The normalized spacial score (nSPS) is 10.2.